The van der Waals surface area contributed by atoms with Gasteiger partial charge in [-0.05, 0) is 25.0 Å². The van der Waals surface area contributed by atoms with E-state index in [2.05, 4.69) is 28.5 Å². The quantitative estimate of drug-likeness (QED) is 0.845. The smallest absolute Gasteiger partial charge is 0.305 e. The van der Waals surface area contributed by atoms with Crippen LogP contribution < -0.4 is 5.32 Å². The maximum Gasteiger partial charge on any atom is 0.327 e. The Kier molecular flexibility index (Phi) is 6.07. The average Bonchev–Trinajstić information content (AvgIpc) is 3.23. The van der Waals surface area contributed by atoms with Gasteiger partial charge in [0.15, 0.2) is 5.84 Å². The van der Waals surface area contributed by atoms with Crippen LogP contribution in [0.5, 0.6) is 0 Å². The van der Waals surface area contributed by atoms with E-state index in [-0.39, 0.29) is 17.9 Å². The molecule has 0 bridgehead atoms. The van der Waals surface area contributed by atoms with Gasteiger partial charge in [-0.25, -0.2) is 19.2 Å². The number of urea groups is 1. The number of nitrogens with zero attached hydrogens (tertiary/aromatic N) is 5. The van der Waals surface area contributed by atoms with Crippen LogP contribution >= 0.6 is 0 Å². The van der Waals surface area contributed by atoms with Crippen LogP contribution in [0, 0.1) is 17.1 Å². The Labute approximate surface area is 168 Å². The molecule has 2 fully saturated rings. The topological polar surface area (TPSA) is 85.8 Å². The van der Waals surface area contributed by atoms with Gasteiger partial charge < -0.3 is 5.32 Å². The van der Waals surface area contributed by atoms with Crippen molar-refractivity contribution in [2.24, 2.45) is 4.99 Å². The number of carbonyl (C=O) groups excluding carboxylic acids is 1. The molecule has 1 saturated heterocycles. The number of nitrogens with one attached hydrogen (secondary N) is 1. The molecule has 0 spiro atoms. The number of pyridine rings is 1. The molecule has 150 valence electrons. The van der Waals surface area contributed by atoms with Crippen molar-refractivity contribution in [2.45, 2.75) is 45.1 Å². The van der Waals surface area contributed by atoms with E-state index in [1.165, 1.54) is 25.6 Å². The van der Waals surface area contributed by atoms with E-state index >= 15 is 0 Å². The molecule has 8 heteroatoms. The predicted octanol–water partition coefficient (Wildman–Crippen LogP) is 4.24. The third-order valence-electron chi connectivity index (χ3n) is 4.92. The lowest BCUT2D eigenvalue weighted by atomic mass is 9.94. The van der Waals surface area contributed by atoms with Gasteiger partial charge in [-0.1, -0.05) is 32.4 Å². The van der Waals surface area contributed by atoms with E-state index in [0.717, 1.165) is 25.7 Å². The Balaban J connectivity index is 0.000000755. The van der Waals surface area contributed by atoms with Gasteiger partial charge in [0.25, 0.3) is 0 Å². The molecule has 0 unspecified atom stereocenters. The predicted molar refractivity (Wildman–Crippen MR) is 109 cm³/mol. The highest BCUT2D eigenvalue weighted by Gasteiger charge is 2.36. The number of hydrogen-bond donors (Lipinski definition) is 1. The number of amidine groups is 1. The Hall–Kier alpha value is -3.47. The SMILES string of the molecule is C=C1NC(=O)N(C2CCCCC2)C1=NC(=C)c1cnc2ccc(F)cn12.CC#N. The first-order valence-electron chi connectivity index (χ1n) is 9.47. The summed E-state index contributed by atoms with van der Waals surface area (Å²) in [4.78, 5) is 22.9. The van der Waals surface area contributed by atoms with Crippen LogP contribution in [0.25, 0.3) is 11.3 Å². The van der Waals surface area contributed by atoms with Crippen molar-refractivity contribution in [3.05, 3.63) is 54.9 Å². The van der Waals surface area contributed by atoms with Gasteiger partial charge in [-0.15, -0.1) is 0 Å². The maximum absolute atomic E-state index is 13.6. The standard InChI is InChI=1S/C19H20FN5O.C2H3N/c1-12(16-10-21-17-9-8-14(20)11-24(16)17)22-18-13(2)23-19(26)25(18)15-6-4-3-5-7-15;1-2-3/h8-11,15H,1-7H2,(H,23,26);1H3. The molecular weight excluding hydrogens is 371 g/mol. The zero-order valence-electron chi connectivity index (χ0n) is 16.4. The monoisotopic (exact) mass is 394 g/mol. The molecule has 29 heavy (non-hydrogen) atoms. The van der Waals surface area contributed by atoms with Crippen LogP contribution in [0.4, 0.5) is 9.18 Å². The fourth-order valence-electron chi connectivity index (χ4n) is 3.64. The van der Waals surface area contributed by atoms with Crippen LogP contribution in [-0.4, -0.2) is 32.2 Å². The van der Waals surface area contributed by atoms with Gasteiger partial charge in [0.2, 0.25) is 0 Å². The number of amides is 2. The summed E-state index contributed by atoms with van der Waals surface area (Å²) in [7, 11) is 0. The first-order chi connectivity index (χ1) is 14.0. The molecule has 0 atom stereocenters. The van der Waals surface area contributed by atoms with Crippen molar-refractivity contribution in [1.29, 1.82) is 5.26 Å². The molecule has 0 aromatic carbocycles. The molecule has 0 radical (unpaired) electrons. The number of imidazole rings is 1. The number of fused-ring (bicyclic) bond motifs is 1. The van der Waals surface area contributed by atoms with E-state index in [9.17, 15) is 9.18 Å². The number of halogens is 1. The largest absolute Gasteiger partial charge is 0.327 e. The summed E-state index contributed by atoms with van der Waals surface area (Å²) in [6.07, 6.45) is 8.23. The molecule has 1 N–H and O–H groups in total. The van der Waals surface area contributed by atoms with Crippen LogP contribution in [0.15, 0.2) is 48.4 Å². The molecule has 2 aliphatic rings. The molecule has 2 amide bonds. The van der Waals surface area contributed by atoms with E-state index in [0.29, 0.717) is 28.6 Å². The van der Waals surface area contributed by atoms with E-state index in [1.807, 2.05) is 0 Å². The second-order valence-electron chi connectivity index (χ2n) is 6.90. The van der Waals surface area contributed by atoms with Gasteiger partial charge in [0.05, 0.1) is 29.4 Å². The number of nitriles is 1. The van der Waals surface area contributed by atoms with Crippen LogP contribution in [0.2, 0.25) is 0 Å². The van der Waals surface area contributed by atoms with Crippen LogP contribution in [-0.2, 0) is 0 Å². The summed E-state index contributed by atoms with van der Waals surface area (Å²) >= 11 is 0. The maximum atomic E-state index is 13.6. The molecule has 4 rings (SSSR count). The summed E-state index contributed by atoms with van der Waals surface area (Å²) in [5.41, 5.74) is 2.03. The van der Waals surface area contributed by atoms with Crippen molar-refractivity contribution >= 4 is 23.2 Å². The van der Waals surface area contributed by atoms with Gasteiger partial charge in [0.1, 0.15) is 11.5 Å². The Morgan fingerprint density at radius 3 is 2.76 bits per heavy atom. The molecule has 7 nitrogen and oxygen atoms in total. The Morgan fingerprint density at radius 1 is 1.38 bits per heavy atom. The molecule has 1 aliphatic carbocycles. The molecule has 1 aliphatic heterocycles. The minimum atomic E-state index is -0.372. The normalized spacial score (nSPS) is 18.4. The number of aliphatic imine (C=N–C) groups is 1. The fraction of sp³-hybridized carbons (Fsp3) is 0.333. The van der Waals surface area contributed by atoms with E-state index in [1.54, 1.807) is 27.6 Å². The minimum absolute atomic E-state index is 0.120. The summed E-state index contributed by atoms with van der Waals surface area (Å²) in [6, 6.07) is 4.62. The highest BCUT2D eigenvalue weighted by Crippen LogP contribution is 2.28. The second kappa shape index (κ2) is 8.69. The Morgan fingerprint density at radius 2 is 2.07 bits per heavy atom. The number of hydrogen-bond acceptors (Lipinski definition) is 4. The molecular formula is C21H23FN6O. The average molecular weight is 394 g/mol. The first-order valence-corrected chi connectivity index (χ1v) is 9.47. The lowest BCUT2D eigenvalue weighted by molar-refractivity contribution is 0.205. The first kappa shape index (κ1) is 20.3. The zero-order chi connectivity index (χ0) is 21.0. The number of carbonyl (C=O) groups is 1. The van der Waals surface area contributed by atoms with Gasteiger partial charge in [-0.2, -0.15) is 5.26 Å². The molecule has 2 aromatic heterocycles. The molecule has 2 aromatic rings. The van der Waals surface area contributed by atoms with Crippen molar-refractivity contribution in [1.82, 2.24) is 19.6 Å². The lowest BCUT2D eigenvalue weighted by Crippen LogP contribution is -2.41. The summed E-state index contributed by atoms with van der Waals surface area (Å²) in [5.74, 6) is 0.112. The van der Waals surface area contributed by atoms with Gasteiger partial charge >= 0.3 is 6.03 Å². The van der Waals surface area contributed by atoms with Crippen molar-refractivity contribution in [2.75, 3.05) is 0 Å². The summed E-state index contributed by atoms with van der Waals surface area (Å²) < 4.78 is 15.2. The van der Waals surface area contributed by atoms with E-state index in [4.69, 9.17) is 5.26 Å². The van der Waals surface area contributed by atoms with Crippen molar-refractivity contribution < 1.29 is 9.18 Å². The minimum Gasteiger partial charge on any atom is -0.305 e. The Bertz CT molecular complexity index is 1030. The third-order valence-corrected chi connectivity index (χ3v) is 4.92. The fourth-order valence-corrected chi connectivity index (χ4v) is 3.64. The number of aromatic nitrogens is 2. The highest BCUT2D eigenvalue weighted by molar-refractivity contribution is 6.15. The summed E-state index contributed by atoms with van der Waals surface area (Å²) in [6.45, 7) is 9.35. The van der Waals surface area contributed by atoms with Gasteiger partial charge in [-0.3, -0.25) is 9.30 Å². The lowest BCUT2D eigenvalue weighted by Gasteiger charge is -2.30. The second-order valence-corrected chi connectivity index (χ2v) is 6.90. The summed E-state index contributed by atoms with van der Waals surface area (Å²) in [5, 5.41) is 10.1. The molecule has 3 heterocycles. The van der Waals surface area contributed by atoms with Crippen molar-refractivity contribution in [3.63, 3.8) is 0 Å². The number of rotatable bonds is 3. The van der Waals surface area contributed by atoms with Crippen LogP contribution in [0.1, 0.15) is 44.7 Å². The third kappa shape index (κ3) is 4.19. The molecule has 1 saturated carbocycles. The van der Waals surface area contributed by atoms with Crippen molar-refractivity contribution in [3.8, 4) is 6.07 Å². The van der Waals surface area contributed by atoms with Crippen LogP contribution in [0.3, 0.4) is 0 Å². The van der Waals surface area contributed by atoms with E-state index < -0.39 is 0 Å². The zero-order valence-corrected chi connectivity index (χ0v) is 16.4. The van der Waals surface area contributed by atoms with Gasteiger partial charge in [0, 0.05) is 19.2 Å². The highest BCUT2D eigenvalue weighted by atomic mass is 19.1.